The number of benzene rings is 2. The zero-order valence-electron chi connectivity index (χ0n) is 19.2. The molecule has 4 unspecified atom stereocenters. The lowest BCUT2D eigenvalue weighted by molar-refractivity contribution is -0.140. The number of carbonyl (C=O) groups is 3. The molecule has 1 N–H and O–H groups in total. The largest absolute Gasteiger partial charge is 0.493 e. The van der Waals surface area contributed by atoms with Crippen molar-refractivity contribution < 1.29 is 23.9 Å². The summed E-state index contributed by atoms with van der Waals surface area (Å²) in [4.78, 5) is 38.3. The standard InChI is InChI=1S/C26H24ClN3O5/c1-14-3-7-19(8-4-14)29-21(31)13-35-24-17(10-18(27)11-20(24)34-2)12-28-30-25(32)22-15-5-6-16(9-15)23(22)26(30)33/h3-8,10-12,15-16,22-23H,9,13H2,1-2H3,(H,29,31). The second-order valence-corrected chi connectivity index (χ2v) is 9.40. The Morgan fingerprint density at radius 2 is 1.80 bits per heavy atom. The number of nitrogens with zero attached hydrogens (tertiary/aromatic N) is 2. The van der Waals surface area contributed by atoms with E-state index in [1.807, 2.05) is 31.2 Å². The van der Waals surface area contributed by atoms with Crippen molar-refractivity contribution in [2.75, 3.05) is 19.0 Å². The molecule has 0 radical (unpaired) electrons. The van der Waals surface area contributed by atoms with Crippen LogP contribution >= 0.6 is 11.6 Å². The van der Waals surface area contributed by atoms with E-state index in [0.29, 0.717) is 22.0 Å². The maximum absolute atomic E-state index is 12.9. The summed E-state index contributed by atoms with van der Waals surface area (Å²) >= 11 is 6.23. The van der Waals surface area contributed by atoms with Gasteiger partial charge in [0.1, 0.15) is 0 Å². The van der Waals surface area contributed by atoms with Crippen LogP contribution in [-0.2, 0) is 14.4 Å². The SMILES string of the molecule is COc1cc(Cl)cc(C=NN2C(=O)C3C4C=CC(C4)C3C2=O)c1OCC(=O)Nc1ccc(C)cc1. The average Bonchev–Trinajstić information content (AvgIpc) is 3.52. The third kappa shape index (κ3) is 4.30. The van der Waals surface area contributed by atoms with Crippen molar-refractivity contribution in [2.24, 2.45) is 28.8 Å². The van der Waals surface area contributed by atoms with Crippen LogP contribution in [0.4, 0.5) is 5.69 Å². The monoisotopic (exact) mass is 493 g/mol. The van der Waals surface area contributed by atoms with E-state index >= 15 is 0 Å². The minimum Gasteiger partial charge on any atom is -0.493 e. The Hall–Kier alpha value is -3.65. The van der Waals surface area contributed by atoms with Crippen LogP contribution in [0.5, 0.6) is 11.5 Å². The van der Waals surface area contributed by atoms with Gasteiger partial charge in [0.25, 0.3) is 17.7 Å². The molecule has 1 aliphatic heterocycles. The van der Waals surface area contributed by atoms with Gasteiger partial charge in [-0.05, 0) is 43.4 Å². The first-order chi connectivity index (χ1) is 16.9. The number of allylic oxidation sites excluding steroid dienone is 2. The summed E-state index contributed by atoms with van der Waals surface area (Å²) in [6, 6.07) is 10.5. The number of amides is 3. The zero-order valence-corrected chi connectivity index (χ0v) is 20.0. The van der Waals surface area contributed by atoms with E-state index in [9.17, 15) is 14.4 Å². The maximum Gasteiger partial charge on any atom is 0.262 e. The van der Waals surface area contributed by atoms with Gasteiger partial charge in [-0.2, -0.15) is 10.1 Å². The minimum absolute atomic E-state index is 0.0962. The van der Waals surface area contributed by atoms with Crippen LogP contribution in [0.15, 0.2) is 53.7 Å². The summed E-state index contributed by atoms with van der Waals surface area (Å²) in [6.45, 7) is 1.66. The van der Waals surface area contributed by atoms with Gasteiger partial charge in [-0.3, -0.25) is 14.4 Å². The predicted molar refractivity (Wildman–Crippen MR) is 130 cm³/mol. The van der Waals surface area contributed by atoms with Crippen molar-refractivity contribution >= 4 is 41.2 Å². The third-order valence-corrected chi connectivity index (χ3v) is 6.93. The molecule has 1 saturated carbocycles. The second kappa shape index (κ2) is 9.19. The van der Waals surface area contributed by atoms with Crippen LogP contribution < -0.4 is 14.8 Å². The average molecular weight is 494 g/mol. The van der Waals surface area contributed by atoms with Gasteiger partial charge in [-0.25, -0.2) is 0 Å². The number of nitrogens with one attached hydrogen (secondary N) is 1. The molecule has 1 saturated heterocycles. The quantitative estimate of drug-likeness (QED) is 0.359. The Labute approximate surface area is 207 Å². The molecule has 5 rings (SSSR count). The summed E-state index contributed by atoms with van der Waals surface area (Å²) in [5, 5.41) is 8.26. The number of rotatable bonds is 7. The normalized spacial score (nSPS) is 24.4. The number of carbonyl (C=O) groups excluding carboxylic acids is 3. The van der Waals surface area contributed by atoms with Crippen molar-refractivity contribution in [2.45, 2.75) is 13.3 Å². The highest BCUT2D eigenvalue weighted by Crippen LogP contribution is 2.52. The lowest BCUT2D eigenvalue weighted by atomic mass is 9.85. The molecule has 2 fully saturated rings. The van der Waals surface area contributed by atoms with Gasteiger partial charge < -0.3 is 14.8 Å². The molecule has 35 heavy (non-hydrogen) atoms. The van der Waals surface area contributed by atoms with Gasteiger partial charge >= 0.3 is 0 Å². The van der Waals surface area contributed by atoms with E-state index in [2.05, 4.69) is 10.4 Å². The smallest absolute Gasteiger partial charge is 0.262 e. The molecule has 4 atom stereocenters. The molecule has 2 aliphatic carbocycles. The van der Waals surface area contributed by atoms with Crippen molar-refractivity contribution in [3.8, 4) is 11.5 Å². The molecule has 0 aromatic heterocycles. The lowest BCUT2D eigenvalue weighted by Gasteiger charge is -2.15. The summed E-state index contributed by atoms with van der Waals surface area (Å²) < 4.78 is 11.2. The highest BCUT2D eigenvalue weighted by Gasteiger charge is 2.59. The number of hydrogen-bond acceptors (Lipinski definition) is 6. The lowest BCUT2D eigenvalue weighted by Crippen LogP contribution is -2.28. The van der Waals surface area contributed by atoms with E-state index in [1.165, 1.54) is 13.3 Å². The van der Waals surface area contributed by atoms with Crippen molar-refractivity contribution in [1.82, 2.24) is 5.01 Å². The molecule has 2 bridgehead atoms. The Balaban J connectivity index is 1.34. The second-order valence-electron chi connectivity index (χ2n) is 8.96. The summed E-state index contributed by atoms with van der Waals surface area (Å²) in [7, 11) is 1.45. The fraction of sp³-hybridized carbons (Fsp3) is 0.308. The van der Waals surface area contributed by atoms with Crippen molar-refractivity contribution in [1.29, 1.82) is 0 Å². The number of ether oxygens (including phenoxy) is 2. The third-order valence-electron chi connectivity index (χ3n) is 6.71. The van der Waals surface area contributed by atoms with E-state index in [0.717, 1.165) is 17.0 Å². The molecule has 2 aromatic carbocycles. The van der Waals surface area contributed by atoms with Gasteiger partial charge in [-0.1, -0.05) is 41.4 Å². The fourth-order valence-corrected chi connectivity index (χ4v) is 5.30. The van der Waals surface area contributed by atoms with E-state index in [-0.39, 0.29) is 53.7 Å². The number of imide groups is 1. The highest BCUT2D eigenvalue weighted by atomic mass is 35.5. The number of aryl methyl sites for hydroxylation is 1. The fourth-order valence-electron chi connectivity index (χ4n) is 5.08. The molecule has 0 spiro atoms. The number of fused-ring (bicyclic) bond motifs is 5. The van der Waals surface area contributed by atoms with Crippen LogP contribution in [0.3, 0.4) is 0 Å². The van der Waals surface area contributed by atoms with Crippen LogP contribution in [0, 0.1) is 30.6 Å². The first-order valence-electron chi connectivity index (χ1n) is 11.3. The van der Waals surface area contributed by atoms with Gasteiger partial charge in [-0.15, -0.1) is 0 Å². The Morgan fingerprint density at radius 1 is 1.14 bits per heavy atom. The maximum atomic E-state index is 12.9. The number of halogens is 1. The van der Waals surface area contributed by atoms with Crippen LogP contribution in [-0.4, -0.2) is 42.7 Å². The number of hydrazone groups is 1. The molecule has 2 aromatic rings. The molecule has 8 nitrogen and oxygen atoms in total. The Kier molecular flexibility index (Phi) is 6.06. The van der Waals surface area contributed by atoms with E-state index in [1.54, 1.807) is 24.3 Å². The highest BCUT2D eigenvalue weighted by molar-refractivity contribution is 6.31. The molecule has 180 valence electrons. The van der Waals surface area contributed by atoms with Gasteiger partial charge in [0.15, 0.2) is 18.1 Å². The first kappa shape index (κ1) is 23.1. The number of hydrogen-bond donors (Lipinski definition) is 1. The molecular formula is C26H24ClN3O5. The first-order valence-corrected chi connectivity index (χ1v) is 11.7. The minimum atomic E-state index is -0.366. The predicted octanol–water partition coefficient (Wildman–Crippen LogP) is 3.82. The van der Waals surface area contributed by atoms with Crippen LogP contribution in [0.2, 0.25) is 5.02 Å². The molecule has 1 heterocycles. The topological polar surface area (TPSA) is 97.3 Å². The number of methoxy groups -OCH3 is 1. The summed E-state index contributed by atoms with van der Waals surface area (Å²) in [5.41, 5.74) is 2.10. The molecular weight excluding hydrogens is 470 g/mol. The van der Waals surface area contributed by atoms with Gasteiger partial charge in [0.2, 0.25) is 0 Å². The van der Waals surface area contributed by atoms with Crippen LogP contribution in [0.1, 0.15) is 17.5 Å². The molecule has 3 amide bonds. The Bertz CT molecular complexity index is 1230. The Morgan fingerprint density at radius 3 is 2.43 bits per heavy atom. The summed E-state index contributed by atoms with van der Waals surface area (Å²) in [6.07, 6.45) is 6.24. The summed E-state index contributed by atoms with van der Waals surface area (Å²) in [5.74, 6) is -0.924. The van der Waals surface area contributed by atoms with Gasteiger partial charge in [0.05, 0.1) is 25.2 Å². The molecule has 9 heteroatoms. The van der Waals surface area contributed by atoms with E-state index in [4.69, 9.17) is 21.1 Å². The van der Waals surface area contributed by atoms with Crippen molar-refractivity contribution in [3.63, 3.8) is 0 Å². The van der Waals surface area contributed by atoms with E-state index < -0.39 is 0 Å². The van der Waals surface area contributed by atoms with Crippen molar-refractivity contribution in [3.05, 3.63) is 64.7 Å². The zero-order chi connectivity index (χ0) is 24.7. The molecule has 3 aliphatic rings. The van der Waals surface area contributed by atoms with Crippen LogP contribution in [0.25, 0.3) is 0 Å². The number of anilines is 1. The van der Waals surface area contributed by atoms with Gasteiger partial charge in [0, 0.05) is 22.3 Å².